The lowest BCUT2D eigenvalue weighted by Gasteiger charge is -2.29. The van der Waals surface area contributed by atoms with Crippen LogP contribution in [0.2, 0.25) is 0 Å². The largest absolute Gasteiger partial charge is 0.496 e. The topological polar surface area (TPSA) is 121 Å². The van der Waals surface area contributed by atoms with Crippen molar-refractivity contribution in [3.8, 4) is 5.75 Å². The lowest BCUT2D eigenvalue weighted by atomic mass is 9.91. The number of H-pyrrole nitrogens is 1. The molecule has 3 aliphatic rings. The predicted octanol–water partition coefficient (Wildman–Crippen LogP) is 5.15. The van der Waals surface area contributed by atoms with Crippen LogP contribution in [0.25, 0.3) is 21.1 Å². The van der Waals surface area contributed by atoms with Gasteiger partial charge in [0.1, 0.15) is 23.3 Å². The molecule has 0 radical (unpaired) electrons. The van der Waals surface area contributed by atoms with Crippen molar-refractivity contribution in [3.63, 3.8) is 0 Å². The molecule has 1 saturated heterocycles. The highest BCUT2D eigenvalue weighted by Gasteiger charge is 2.50. The molecule has 0 bridgehead atoms. The van der Waals surface area contributed by atoms with E-state index in [0.717, 1.165) is 46.8 Å². The molecule has 2 saturated carbocycles. The first-order valence-electron chi connectivity index (χ1n) is 15.1. The number of carbonyl (C=O) groups excluding carboxylic acids is 4. The molecule has 7 rings (SSSR count). The molecule has 1 aliphatic heterocycles. The highest BCUT2D eigenvalue weighted by molar-refractivity contribution is 7.20. The van der Waals surface area contributed by atoms with Gasteiger partial charge in [-0.1, -0.05) is 24.6 Å². The third kappa shape index (κ3) is 5.01. The first kappa shape index (κ1) is 27.8. The zero-order valence-corrected chi connectivity index (χ0v) is 24.8. The summed E-state index contributed by atoms with van der Waals surface area (Å²) in [6.45, 7) is 0.492. The van der Waals surface area contributed by atoms with Crippen molar-refractivity contribution in [3.05, 3.63) is 59.2 Å². The van der Waals surface area contributed by atoms with Gasteiger partial charge in [0, 0.05) is 29.8 Å². The Hall–Kier alpha value is -4.05. The minimum Gasteiger partial charge on any atom is -0.496 e. The van der Waals surface area contributed by atoms with Crippen LogP contribution in [-0.2, 0) is 9.59 Å². The zero-order valence-electron chi connectivity index (χ0n) is 24.0. The third-order valence-corrected chi connectivity index (χ3v) is 10.6. The molecular weight excluding hydrogens is 564 g/mol. The first-order valence-corrected chi connectivity index (χ1v) is 15.9. The van der Waals surface area contributed by atoms with Crippen molar-refractivity contribution in [2.24, 2.45) is 17.8 Å². The summed E-state index contributed by atoms with van der Waals surface area (Å²) in [6, 6.07) is 13.3. The van der Waals surface area contributed by atoms with Crippen LogP contribution in [0.1, 0.15) is 65.2 Å². The van der Waals surface area contributed by atoms with E-state index >= 15 is 0 Å². The number of ketones is 2. The Morgan fingerprint density at radius 1 is 1.12 bits per heavy atom. The Labute approximate surface area is 253 Å². The highest BCUT2D eigenvalue weighted by Crippen LogP contribution is 2.43. The Balaban J connectivity index is 1.18. The van der Waals surface area contributed by atoms with Gasteiger partial charge in [-0.05, 0) is 74.3 Å². The number of thiazole rings is 1. The summed E-state index contributed by atoms with van der Waals surface area (Å²) >= 11 is 1.30. The second-order valence-electron chi connectivity index (χ2n) is 12.1. The fraction of sp³-hybridized carbons (Fsp3) is 0.424. The third-order valence-electron chi connectivity index (χ3n) is 9.58. The summed E-state index contributed by atoms with van der Waals surface area (Å²) < 4.78 is 6.37. The fourth-order valence-corrected chi connectivity index (χ4v) is 8.42. The Kier molecular flexibility index (Phi) is 7.25. The van der Waals surface area contributed by atoms with E-state index in [9.17, 15) is 19.2 Å². The number of nitrogens with zero attached hydrogens (tertiary/aromatic N) is 2. The number of benzene rings is 2. The van der Waals surface area contributed by atoms with Gasteiger partial charge in [-0.3, -0.25) is 19.2 Å². The zero-order chi connectivity index (χ0) is 29.7. The quantitative estimate of drug-likeness (QED) is 0.271. The molecule has 2 aromatic heterocycles. The molecule has 222 valence electrons. The SMILES string of the molecule is COc1cccc2[nH]c(C(=O)N3CC4CCCC4C3C(=O)NC(CC3CCCC3=O)C(=O)c3nc4ccccc4s3)cc12. The van der Waals surface area contributed by atoms with Crippen LogP contribution in [0, 0.1) is 17.8 Å². The number of para-hydroxylation sites is 1. The van der Waals surface area contributed by atoms with Gasteiger partial charge in [0.15, 0.2) is 5.01 Å². The summed E-state index contributed by atoms with van der Waals surface area (Å²) in [6.07, 6.45) is 5.08. The van der Waals surface area contributed by atoms with Crippen LogP contribution in [-0.4, -0.2) is 64.0 Å². The molecule has 4 aromatic rings. The van der Waals surface area contributed by atoms with Crippen LogP contribution in [0.4, 0.5) is 0 Å². The van der Waals surface area contributed by atoms with E-state index in [1.54, 1.807) is 18.1 Å². The monoisotopic (exact) mass is 598 g/mol. The molecule has 3 fully saturated rings. The number of hydrogen-bond acceptors (Lipinski definition) is 7. The molecule has 5 atom stereocenters. The van der Waals surface area contributed by atoms with Gasteiger partial charge < -0.3 is 19.9 Å². The summed E-state index contributed by atoms with van der Waals surface area (Å²) in [5, 5.41) is 4.17. The standard InChI is InChI=1S/C33H34N4O5S/c1-42-27-13-6-11-22-21(27)16-25(34-22)33(41)37-17-19-8-4-9-20(19)29(37)31(40)35-24(15-18-7-5-12-26(18)38)30(39)32-36-23-10-2-3-14-28(23)43-32/h2-3,6,10-11,13-14,16,18-20,24,29,34H,4-5,7-9,12,15,17H2,1H3,(H,35,40). The Bertz CT molecular complexity index is 1710. The normalized spacial score (nSPS) is 24.0. The lowest BCUT2D eigenvalue weighted by Crippen LogP contribution is -2.53. The number of nitrogens with one attached hydrogen (secondary N) is 2. The predicted molar refractivity (Wildman–Crippen MR) is 163 cm³/mol. The molecule has 3 heterocycles. The number of hydrogen-bond donors (Lipinski definition) is 2. The molecule has 0 spiro atoms. The van der Waals surface area contributed by atoms with Gasteiger partial charge in [-0.25, -0.2) is 4.98 Å². The van der Waals surface area contributed by atoms with E-state index in [1.165, 1.54) is 11.3 Å². The van der Waals surface area contributed by atoms with Crippen LogP contribution < -0.4 is 10.1 Å². The van der Waals surface area contributed by atoms with Gasteiger partial charge in [0.2, 0.25) is 11.7 Å². The number of Topliss-reactive ketones (excluding diaryl/α,β-unsaturated/α-hetero) is 2. The van der Waals surface area contributed by atoms with E-state index in [-0.39, 0.29) is 47.6 Å². The van der Waals surface area contributed by atoms with Crippen LogP contribution in [0.15, 0.2) is 48.5 Å². The highest BCUT2D eigenvalue weighted by atomic mass is 32.1. The number of fused-ring (bicyclic) bond motifs is 3. The van der Waals surface area contributed by atoms with E-state index in [0.29, 0.717) is 35.8 Å². The molecule has 10 heteroatoms. The van der Waals surface area contributed by atoms with Crippen molar-refractivity contribution >= 4 is 55.8 Å². The van der Waals surface area contributed by atoms with E-state index in [1.807, 2.05) is 42.5 Å². The fourth-order valence-electron chi connectivity index (χ4n) is 7.46. The molecule has 9 nitrogen and oxygen atoms in total. The number of aromatic nitrogens is 2. The number of carbonyl (C=O) groups is 4. The number of rotatable bonds is 8. The van der Waals surface area contributed by atoms with Gasteiger partial charge in [0.05, 0.1) is 23.4 Å². The maximum Gasteiger partial charge on any atom is 0.271 e. The summed E-state index contributed by atoms with van der Waals surface area (Å²) in [5.41, 5.74) is 1.91. The second kappa shape index (κ2) is 11.2. The van der Waals surface area contributed by atoms with Gasteiger partial charge in [-0.2, -0.15) is 0 Å². The van der Waals surface area contributed by atoms with Crippen molar-refractivity contribution in [2.75, 3.05) is 13.7 Å². The second-order valence-corrected chi connectivity index (χ2v) is 13.1. The van der Waals surface area contributed by atoms with E-state index in [4.69, 9.17) is 4.74 Å². The smallest absolute Gasteiger partial charge is 0.271 e. The van der Waals surface area contributed by atoms with E-state index in [2.05, 4.69) is 15.3 Å². The van der Waals surface area contributed by atoms with E-state index < -0.39 is 12.1 Å². The summed E-state index contributed by atoms with van der Waals surface area (Å²) in [7, 11) is 1.59. The maximum atomic E-state index is 14.2. The number of amides is 2. The molecule has 5 unspecified atom stereocenters. The summed E-state index contributed by atoms with van der Waals surface area (Å²) in [5.74, 6) is -0.0738. The Morgan fingerprint density at radius 3 is 2.77 bits per heavy atom. The van der Waals surface area contributed by atoms with Crippen LogP contribution in [0.3, 0.4) is 0 Å². The molecule has 2 amide bonds. The van der Waals surface area contributed by atoms with Gasteiger partial charge >= 0.3 is 0 Å². The molecular formula is C33H34N4O5S. The molecule has 2 aromatic carbocycles. The van der Waals surface area contributed by atoms with Gasteiger partial charge in [-0.15, -0.1) is 11.3 Å². The van der Waals surface area contributed by atoms with Crippen LogP contribution >= 0.6 is 11.3 Å². The molecule has 43 heavy (non-hydrogen) atoms. The number of ether oxygens (including phenoxy) is 1. The number of methoxy groups -OCH3 is 1. The first-order chi connectivity index (χ1) is 20.9. The van der Waals surface area contributed by atoms with Crippen molar-refractivity contribution < 1.29 is 23.9 Å². The average Bonchev–Trinajstić information content (AvgIpc) is 3.83. The van der Waals surface area contributed by atoms with Crippen molar-refractivity contribution in [1.29, 1.82) is 0 Å². The lowest BCUT2D eigenvalue weighted by molar-refractivity contribution is -0.127. The average molecular weight is 599 g/mol. The molecule has 2 aliphatic carbocycles. The Morgan fingerprint density at radius 2 is 1.98 bits per heavy atom. The van der Waals surface area contributed by atoms with Crippen LogP contribution in [0.5, 0.6) is 5.75 Å². The van der Waals surface area contributed by atoms with Crippen molar-refractivity contribution in [1.82, 2.24) is 20.2 Å². The van der Waals surface area contributed by atoms with Crippen molar-refractivity contribution in [2.45, 2.75) is 57.0 Å². The summed E-state index contributed by atoms with van der Waals surface area (Å²) in [4.78, 5) is 64.1. The minimum absolute atomic E-state index is 0.0224. The minimum atomic E-state index is -0.894. The number of aromatic amines is 1. The molecule has 2 N–H and O–H groups in total. The van der Waals surface area contributed by atoms with Gasteiger partial charge in [0.25, 0.3) is 5.91 Å². The number of likely N-dealkylation sites (tertiary alicyclic amines) is 1. The maximum absolute atomic E-state index is 14.2.